The van der Waals surface area contributed by atoms with Gasteiger partial charge in [-0.25, -0.2) is 4.98 Å². The molecule has 0 saturated carbocycles. The predicted molar refractivity (Wildman–Crippen MR) is 89.0 cm³/mol. The first-order chi connectivity index (χ1) is 12.3. The Labute approximate surface area is 151 Å². The van der Waals surface area contributed by atoms with E-state index in [1.807, 2.05) is 0 Å². The number of alkyl halides is 3. The molecule has 26 heavy (non-hydrogen) atoms. The fraction of sp³-hybridized carbons (Fsp3) is 0.176. The van der Waals surface area contributed by atoms with Gasteiger partial charge >= 0.3 is 6.18 Å². The summed E-state index contributed by atoms with van der Waals surface area (Å²) in [6.07, 6.45) is -2.03. The highest BCUT2D eigenvalue weighted by Crippen LogP contribution is 2.29. The number of carbonyl (C=O) groups is 1. The maximum atomic E-state index is 12.7. The number of benzene rings is 1. The first-order valence-corrected chi connectivity index (χ1v) is 7.89. The summed E-state index contributed by atoms with van der Waals surface area (Å²) in [5, 5.41) is 3.16. The molecule has 0 aliphatic rings. The van der Waals surface area contributed by atoms with Gasteiger partial charge in [0.25, 0.3) is 5.91 Å². The van der Waals surface area contributed by atoms with Gasteiger partial charge in [-0.1, -0.05) is 11.6 Å². The molecule has 5 nitrogen and oxygen atoms in total. The fourth-order valence-electron chi connectivity index (χ4n) is 2.22. The molecule has 9 heteroatoms. The molecule has 3 rings (SSSR count). The molecular formula is C17H13ClF3N3O2. The predicted octanol–water partition coefficient (Wildman–Crippen LogP) is 3.70. The lowest BCUT2D eigenvalue weighted by Gasteiger charge is -2.06. The number of rotatable bonds is 5. The van der Waals surface area contributed by atoms with Gasteiger partial charge in [-0.15, -0.1) is 0 Å². The van der Waals surface area contributed by atoms with E-state index < -0.39 is 11.7 Å². The summed E-state index contributed by atoms with van der Waals surface area (Å²) in [6.45, 7) is -0.126. The molecule has 1 amide bonds. The third-order valence-electron chi connectivity index (χ3n) is 3.48. The molecule has 0 aliphatic heterocycles. The Morgan fingerprint density at radius 1 is 1.15 bits per heavy atom. The van der Waals surface area contributed by atoms with Gasteiger partial charge in [-0.05, 0) is 36.4 Å². The Balaban J connectivity index is 1.57. The number of imidazole rings is 1. The van der Waals surface area contributed by atoms with Crippen LogP contribution in [0.1, 0.15) is 11.3 Å². The van der Waals surface area contributed by atoms with Crippen LogP contribution < -0.4 is 10.1 Å². The number of aromatic nitrogens is 2. The molecule has 0 saturated heterocycles. The van der Waals surface area contributed by atoms with Crippen molar-refractivity contribution in [1.29, 1.82) is 0 Å². The number of hydrogen-bond acceptors (Lipinski definition) is 3. The lowest BCUT2D eigenvalue weighted by molar-refractivity contribution is -0.137. The minimum Gasteiger partial charge on any atom is -0.484 e. The van der Waals surface area contributed by atoms with Crippen molar-refractivity contribution >= 4 is 23.2 Å². The lowest BCUT2D eigenvalue weighted by Crippen LogP contribution is -2.28. The van der Waals surface area contributed by atoms with Crippen LogP contribution in [0.2, 0.25) is 5.02 Å². The quantitative estimate of drug-likeness (QED) is 0.731. The van der Waals surface area contributed by atoms with Crippen LogP contribution in [0.4, 0.5) is 13.2 Å². The van der Waals surface area contributed by atoms with E-state index in [0.717, 1.165) is 12.3 Å². The summed E-state index contributed by atoms with van der Waals surface area (Å²) in [6, 6.07) is 8.79. The molecule has 0 fully saturated rings. The molecular weight excluding hydrogens is 371 g/mol. The van der Waals surface area contributed by atoms with Crippen LogP contribution in [0, 0.1) is 0 Å². The highest BCUT2D eigenvalue weighted by molar-refractivity contribution is 6.30. The van der Waals surface area contributed by atoms with Crippen molar-refractivity contribution < 1.29 is 22.7 Å². The average molecular weight is 384 g/mol. The first kappa shape index (κ1) is 18.1. The minimum absolute atomic E-state index is 0.0752. The third-order valence-corrected chi connectivity index (χ3v) is 3.73. The summed E-state index contributed by atoms with van der Waals surface area (Å²) >= 11 is 5.75. The van der Waals surface area contributed by atoms with E-state index in [1.165, 1.54) is 16.7 Å². The highest BCUT2D eigenvalue weighted by atomic mass is 35.5. The Morgan fingerprint density at radius 3 is 2.58 bits per heavy atom. The molecule has 1 aromatic carbocycles. The van der Waals surface area contributed by atoms with E-state index in [9.17, 15) is 18.0 Å². The van der Waals surface area contributed by atoms with Crippen molar-refractivity contribution in [2.24, 2.45) is 0 Å². The SMILES string of the molecule is O=C(COc1ccc(Cl)cc1)NCc1cn2cc(C(F)(F)F)ccc2n1. The van der Waals surface area contributed by atoms with Gasteiger partial charge in [0.1, 0.15) is 11.4 Å². The van der Waals surface area contributed by atoms with Crippen molar-refractivity contribution in [3.63, 3.8) is 0 Å². The van der Waals surface area contributed by atoms with Gasteiger partial charge < -0.3 is 14.5 Å². The van der Waals surface area contributed by atoms with E-state index in [2.05, 4.69) is 10.3 Å². The third kappa shape index (κ3) is 4.45. The second kappa shape index (κ2) is 7.25. The molecule has 0 spiro atoms. The Hall–Kier alpha value is -2.74. The monoisotopic (exact) mass is 383 g/mol. The van der Waals surface area contributed by atoms with Crippen LogP contribution >= 0.6 is 11.6 Å². The molecule has 2 heterocycles. The zero-order valence-electron chi connectivity index (χ0n) is 13.3. The van der Waals surface area contributed by atoms with Gasteiger partial charge in [0.15, 0.2) is 6.61 Å². The zero-order valence-corrected chi connectivity index (χ0v) is 14.0. The summed E-state index contributed by atoms with van der Waals surface area (Å²) in [5.74, 6) is 0.116. The van der Waals surface area contributed by atoms with E-state index in [4.69, 9.17) is 16.3 Å². The molecule has 0 atom stereocenters. The molecule has 0 radical (unpaired) electrons. The number of carbonyl (C=O) groups excluding carboxylic acids is 1. The summed E-state index contributed by atoms with van der Waals surface area (Å²) in [5.41, 5.74) is 0.0261. The summed E-state index contributed by atoms with van der Waals surface area (Å²) < 4.78 is 44.7. The first-order valence-electron chi connectivity index (χ1n) is 7.51. The van der Waals surface area contributed by atoms with Crippen molar-refractivity contribution in [3.8, 4) is 5.75 Å². The second-order valence-electron chi connectivity index (χ2n) is 5.43. The van der Waals surface area contributed by atoms with Gasteiger partial charge in [0, 0.05) is 17.4 Å². The normalized spacial score (nSPS) is 11.5. The van der Waals surface area contributed by atoms with Gasteiger partial charge in [0.05, 0.1) is 17.8 Å². The minimum atomic E-state index is -4.42. The molecule has 3 aromatic rings. The van der Waals surface area contributed by atoms with Crippen LogP contribution in [-0.2, 0) is 17.5 Å². The topological polar surface area (TPSA) is 55.6 Å². The van der Waals surface area contributed by atoms with Crippen molar-refractivity contribution in [2.75, 3.05) is 6.61 Å². The molecule has 0 bridgehead atoms. The van der Waals surface area contributed by atoms with Crippen LogP contribution in [0.5, 0.6) is 5.75 Å². The van der Waals surface area contributed by atoms with Gasteiger partial charge in [0.2, 0.25) is 0 Å². The van der Waals surface area contributed by atoms with Crippen molar-refractivity contribution in [2.45, 2.75) is 12.7 Å². The summed E-state index contributed by atoms with van der Waals surface area (Å²) in [4.78, 5) is 16.0. The van der Waals surface area contributed by atoms with Crippen LogP contribution in [-0.4, -0.2) is 21.9 Å². The second-order valence-corrected chi connectivity index (χ2v) is 5.87. The van der Waals surface area contributed by atoms with Gasteiger partial charge in [-0.3, -0.25) is 4.79 Å². The Bertz CT molecular complexity index is 923. The average Bonchev–Trinajstić information content (AvgIpc) is 3.01. The van der Waals surface area contributed by atoms with Crippen molar-refractivity contribution in [1.82, 2.24) is 14.7 Å². The zero-order chi connectivity index (χ0) is 18.7. The number of fused-ring (bicyclic) bond motifs is 1. The Morgan fingerprint density at radius 2 is 1.88 bits per heavy atom. The van der Waals surface area contributed by atoms with Crippen LogP contribution in [0.3, 0.4) is 0 Å². The lowest BCUT2D eigenvalue weighted by atomic mass is 10.3. The largest absolute Gasteiger partial charge is 0.484 e. The molecule has 2 aromatic heterocycles. The maximum Gasteiger partial charge on any atom is 0.417 e. The maximum absolute atomic E-state index is 12.7. The molecule has 0 unspecified atom stereocenters. The number of pyridine rings is 1. The van der Waals surface area contributed by atoms with Crippen molar-refractivity contribution in [3.05, 3.63) is 65.1 Å². The molecule has 0 aliphatic carbocycles. The van der Waals surface area contributed by atoms with E-state index in [-0.39, 0.29) is 19.1 Å². The van der Waals surface area contributed by atoms with E-state index in [0.29, 0.717) is 22.1 Å². The van der Waals surface area contributed by atoms with Crippen LogP contribution in [0.25, 0.3) is 5.65 Å². The molecule has 1 N–H and O–H groups in total. The smallest absolute Gasteiger partial charge is 0.417 e. The molecule has 136 valence electrons. The number of nitrogens with zero attached hydrogens (tertiary/aromatic N) is 2. The highest BCUT2D eigenvalue weighted by Gasteiger charge is 2.30. The number of hydrogen-bond donors (Lipinski definition) is 1. The Kier molecular flexibility index (Phi) is 5.03. The number of amides is 1. The van der Waals surface area contributed by atoms with Gasteiger partial charge in [-0.2, -0.15) is 13.2 Å². The van der Waals surface area contributed by atoms with E-state index in [1.54, 1.807) is 24.3 Å². The summed E-state index contributed by atoms with van der Waals surface area (Å²) in [7, 11) is 0. The van der Waals surface area contributed by atoms with E-state index >= 15 is 0 Å². The standard InChI is InChI=1S/C17H13ClF3N3O2/c18-12-2-4-14(5-3-12)26-10-16(25)22-7-13-9-24-8-11(17(19,20)21)1-6-15(24)23-13/h1-6,8-9H,7,10H2,(H,22,25). The number of ether oxygens (including phenoxy) is 1. The number of nitrogens with one attached hydrogen (secondary N) is 1. The fourth-order valence-corrected chi connectivity index (χ4v) is 2.34. The number of halogens is 4. The van der Waals surface area contributed by atoms with Crippen LogP contribution in [0.15, 0.2) is 48.8 Å².